The molecule has 8 nitrogen and oxygen atoms in total. The topological polar surface area (TPSA) is 96.0 Å². The Bertz CT molecular complexity index is 1800. The summed E-state index contributed by atoms with van der Waals surface area (Å²) in [4.78, 5) is 30.6. The number of benzene rings is 4. The van der Waals surface area contributed by atoms with Crippen molar-refractivity contribution in [2.45, 2.75) is 69.0 Å². The molecule has 0 bridgehead atoms. The number of nitrogens with one attached hydrogen (secondary N) is 1. The molecule has 4 aromatic carbocycles. The Morgan fingerprint density at radius 1 is 0.878 bits per heavy atom. The SMILES string of the molecule is CCOc1ccccc1N(CC(=O)N(Cc1ccc(Br)cc1)C(Cc1ccccc1)C(=O)NC1CCCCC1)S(=O)(=O)c1ccc(Cl)cc1. The van der Waals surface area contributed by atoms with Crippen molar-refractivity contribution >= 4 is 55.1 Å². The summed E-state index contributed by atoms with van der Waals surface area (Å²) in [5.41, 5.74) is 1.89. The van der Waals surface area contributed by atoms with Crippen molar-refractivity contribution in [1.82, 2.24) is 10.2 Å². The molecular weight excluding hydrogens is 726 g/mol. The number of halogens is 2. The molecule has 1 fully saturated rings. The molecule has 49 heavy (non-hydrogen) atoms. The first-order valence-corrected chi connectivity index (χ1v) is 19.1. The number of amides is 2. The van der Waals surface area contributed by atoms with Crippen LogP contribution in [0.3, 0.4) is 0 Å². The third kappa shape index (κ3) is 9.65. The predicted octanol–water partition coefficient (Wildman–Crippen LogP) is 7.79. The van der Waals surface area contributed by atoms with Crippen molar-refractivity contribution in [3.63, 3.8) is 0 Å². The Morgan fingerprint density at radius 3 is 2.20 bits per heavy atom. The number of carbonyl (C=O) groups is 2. The first kappa shape index (κ1) is 36.4. The molecule has 1 saturated carbocycles. The second-order valence-corrected chi connectivity index (χ2v) is 15.3. The van der Waals surface area contributed by atoms with Crippen LogP contribution in [0.15, 0.2) is 112 Å². The minimum Gasteiger partial charge on any atom is -0.492 e. The van der Waals surface area contributed by atoms with E-state index in [0.717, 1.165) is 52.0 Å². The van der Waals surface area contributed by atoms with Crippen molar-refractivity contribution in [1.29, 1.82) is 0 Å². The van der Waals surface area contributed by atoms with Crippen LogP contribution in [0.5, 0.6) is 5.75 Å². The molecule has 0 saturated heterocycles. The number of para-hydroxylation sites is 2. The molecule has 0 heterocycles. The summed E-state index contributed by atoms with van der Waals surface area (Å²) in [7, 11) is -4.31. The zero-order valence-corrected chi connectivity index (χ0v) is 30.6. The van der Waals surface area contributed by atoms with Crippen LogP contribution >= 0.6 is 27.5 Å². The Kier molecular flexibility index (Phi) is 12.8. The molecule has 1 aliphatic carbocycles. The Balaban J connectivity index is 1.59. The van der Waals surface area contributed by atoms with Gasteiger partial charge in [-0.15, -0.1) is 0 Å². The first-order chi connectivity index (χ1) is 23.7. The van der Waals surface area contributed by atoms with E-state index in [1.165, 1.54) is 29.2 Å². The number of nitrogens with zero attached hydrogens (tertiary/aromatic N) is 2. The maximum absolute atomic E-state index is 14.8. The minimum absolute atomic E-state index is 0.0176. The zero-order chi connectivity index (χ0) is 34.8. The molecule has 0 radical (unpaired) electrons. The molecule has 1 N–H and O–H groups in total. The standard InChI is InChI=1S/C38H41BrClN3O5S/c1-2-48-36-16-10-9-15-34(36)43(49(46,47)33-23-21-31(40)22-24-33)27-37(44)42(26-29-17-19-30(39)20-18-29)35(25-28-11-5-3-6-12-28)38(45)41-32-13-7-4-8-14-32/h3,5-6,9-12,15-24,32,35H,2,4,7-8,13-14,25-27H2,1H3,(H,41,45). The van der Waals surface area contributed by atoms with Gasteiger partial charge in [0.25, 0.3) is 10.0 Å². The van der Waals surface area contributed by atoms with Crippen LogP contribution in [0.25, 0.3) is 0 Å². The smallest absolute Gasteiger partial charge is 0.264 e. The van der Waals surface area contributed by atoms with Crippen LogP contribution in [0.2, 0.25) is 5.02 Å². The molecule has 0 aromatic heterocycles. The molecule has 1 unspecified atom stereocenters. The summed E-state index contributed by atoms with van der Waals surface area (Å²) < 4.78 is 36.6. The monoisotopic (exact) mass is 765 g/mol. The van der Waals surface area contributed by atoms with E-state index in [1.807, 2.05) is 54.6 Å². The van der Waals surface area contributed by atoms with Gasteiger partial charge in [-0.1, -0.05) is 101 Å². The molecule has 258 valence electrons. The lowest BCUT2D eigenvalue weighted by molar-refractivity contribution is -0.140. The summed E-state index contributed by atoms with van der Waals surface area (Å²) in [5.74, 6) is -0.486. The molecule has 4 aromatic rings. The van der Waals surface area contributed by atoms with E-state index >= 15 is 0 Å². The maximum atomic E-state index is 14.8. The normalized spacial score (nSPS) is 14.1. The number of sulfonamides is 1. The molecule has 11 heteroatoms. The number of anilines is 1. The van der Waals surface area contributed by atoms with E-state index in [1.54, 1.807) is 31.2 Å². The Hall–Kier alpha value is -3.86. The van der Waals surface area contributed by atoms with Crippen LogP contribution in [0, 0.1) is 0 Å². The van der Waals surface area contributed by atoms with Gasteiger partial charge in [0.2, 0.25) is 11.8 Å². The molecule has 1 aliphatic rings. The molecule has 2 amide bonds. The third-order valence-electron chi connectivity index (χ3n) is 8.60. The Morgan fingerprint density at radius 2 is 1.53 bits per heavy atom. The van der Waals surface area contributed by atoms with Crippen molar-refractivity contribution in [3.05, 3.63) is 124 Å². The van der Waals surface area contributed by atoms with Gasteiger partial charge in [-0.3, -0.25) is 13.9 Å². The summed E-state index contributed by atoms with van der Waals surface area (Å²) >= 11 is 9.59. The van der Waals surface area contributed by atoms with E-state index in [0.29, 0.717) is 10.8 Å². The third-order valence-corrected chi connectivity index (χ3v) is 11.2. The minimum atomic E-state index is -4.31. The lowest BCUT2D eigenvalue weighted by atomic mass is 9.94. The van der Waals surface area contributed by atoms with Gasteiger partial charge >= 0.3 is 0 Å². The lowest BCUT2D eigenvalue weighted by Crippen LogP contribution is -2.55. The highest BCUT2D eigenvalue weighted by atomic mass is 79.9. The van der Waals surface area contributed by atoms with Gasteiger partial charge < -0.3 is 15.0 Å². The second-order valence-electron chi connectivity index (χ2n) is 12.1. The fraction of sp³-hybridized carbons (Fsp3) is 0.316. The van der Waals surface area contributed by atoms with Gasteiger partial charge in [0.15, 0.2) is 0 Å². The first-order valence-electron chi connectivity index (χ1n) is 16.5. The Labute approximate surface area is 302 Å². The van der Waals surface area contributed by atoms with Crippen LogP contribution in [0.1, 0.15) is 50.2 Å². The number of hydrogen-bond acceptors (Lipinski definition) is 5. The van der Waals surface area contributed by atoms with Gasteiger partial charge in [0, 0.05) is 28.5 Å². The highest BCUT2D eigenvalue weighted by Gasteiger charge is 2.36. The molecule has 1 atom stereocenters. The van der Waals surface area contributed by atoms with Gasteiger partial charge in [-0.25, -0.2) is 8.42 Å². The van der Waals surface area contributed by atoms with E-state index in [4.69, 9.17) is 16.3 Å². The average Bonchev–Trinajstić information content (AvgIpc) is 3.11. The van der Waals surface area contributed by atoms with Crippen molar-refractivity contribution in [2.24, 2.45) is 0 Å². The fourth-order valence-electron chi connectivity index (χ4n) is 6.07. The summed E-state index contributed by atoms with van der Waals surface area (Å²) in [5, 5.41) is 3.62. The predicted molar refractivity (Wildman–Crippen MR) is 197 cm³/mol. The number of carbonyl (C=O) groups excluding carboxylic acids is 2. The molecular formula is C38H41BrClN3O5S. The van der Waals surface area contributed by atoms with Gasteiger partial charge in [-0.05, 0) is 79.4 Å². The number of ether oxygens (including phenoxy) is 1. The quantitative estimate of drug-likeness (QED) is 0.142. The molecule has 5 rings (SSSR count). The van der Waals surface area contributed by atoms with Crippen LogP contribution in [-0.4, -0.2) is 50.4 Å². The van der Waals surface area contributed by atoms with E-state index in [9.17, 15) is 18.0 Å². The summed E-state index contributed by atoms with van der Waals surface area (Å²) in [6.45, 7) is 1.60. The highest BCUT2D eigenvalue weighted by Crippen LogP contribution is 2.33. The van der Waals surface area contributed by atoms with Crippen LogP contribution < -0.4 is 14.4 Å². The van der Waals surface area contributed by atoms with E-state index in [2.05, 4.69) is 21.2 Å². The largest absolute Gasteiger partial charge is 0.492 e. The maximum Gasteiger partial charge on any atom is 0.264 e. The molecule has 0 spiro atoms. The number of rotatable bonds is 14. The van der Waals surface area contributed by atoms with Crippen LogP contribution in [0.4, 0.5) is 5.69 Å². The highest BCUT2D eigenvalue weighted by molar-refractivity contribution is 9.10. The van der Waals surface area contributed by atoms with Crippen LogP contribution in [-0.2, 0) is 32.6 Å². The molecule has 0 aliphatic heterocycles. The van der Waals surface area contributed by atoms with E-state index < -0.39 is 28.5 Å². The van der Waals surface area contributed by atoms with Crippen molar-refractivity contribution in [3.8, 4) is 5.75 Å². The van der Waals surface area contributed by atoms with Crippen molar-refractivity contribution in [2.75, 3.05) is 17.5 Å². The average molecular weight is 767 g/mol. The van der Waals surface area contributed by atoms with Crippen molar-refractivity contribution < 1.29 is 22.7 Å². The lowest BCUT2D eigenvalue weighted by Gasteiger charge is -2.35. The van der Waals surface area contributed by atoms with Gasteiger partial charge in [0.05, 0.1) is 17.2 Å². The summed E-state index contributed by atoms with van der Waals surface area (Å²) in [6, 6.07) is 28.7. The van der Waals surface area contributed by atoms with Gasteiger partial charge in [-0.2, -0.15) is 0 Å². The zero-order valence-electron chi connectivity index (χ0n) is 27.4. The summed E-state index contributed by atoms with van der Waals surface area (Å²) in [6.07, 6.45) is 5.22. The van der Waals surface area contributed by atoms with Gasteiger partial charge in [0.1, 0.15) is 18.3 Å². The fourth-order valence-corrected chi connectivity index (χ4v) is 7.89. The van der Waals surface area contributed by atoms with E-state index in [-0.39, 0.29) is 42.1 Å². The number of hydrogen-bond donors (Lipinski definition) is 1. The second kappa shape index (κ2) is 17.2.